The summed E-state index contributed by atoms with van der Waals surface area (Å²) in [5.41, 5.74) is 1.02. The lowest BCUT2D eigenvalue weighted by Crippen LogP contribution is -2.41. The third-order valence-electron chi connectivity index (χ3n) is 4.68. The van der Waals surface area contributed by atoms with Crippen LogP contribution in [0.1, 0.15) is 52.9 Å². The van der Waals surface area contributed by atoms with E-state index in [1.807, 2.05) is 38.1 Å². The highest BCUT2D eigenvalue weighted by Crippen LogP contribution is 2.25. The fourth-order valence-corrected chi connectivity index (χ4v) is 3.55. The highest BCUT2D eigenvalue weighted by molar-refractivity contribution is 5.91. The first-order valence-electron chi connectivity index (χ1n) is 9.44. The number of aliphatic hydroxyl groups is 1. The second-order valence-corrected chi connectivity index (χ2v) is 7.12. The van der Waals surface area contributed by atoms with Gasteiger partial charge in [-0.05, 0) is 44.0 Å². The van der Waals surface area contributed by atoms with Gasteiger partial charge in [-0.2, -0.15) is 0 Å². The molecule has 1 aromatic carbocycles. The number of carbonyl (C=O) groups excluding carboxylic acids is 1. The van der Waals surface area contributed by atoms with Crippen molar-refractivity contribution in [3.63, 3.8) is 0 Å². The van der Waals surface area contributed by atoms with Crippen LogP contribution in [0.3, 0.4) is 0 Å². The van der Waals surface area contributed by atoms with Crippen LogP contribution in [0.15, 0.2) is 24.3 Å². The molecule has 0 aromatic heterocycles. The largest absolute Gasteiger partial charge is 0.389 e. The molecule has 5 nitrogen and oxygen atoms in total. The number of rotatable bonds is 8. The maximum Gasteiger partial charge on any atom is 0.227 e. The van der Waals surface area contributed by atoms with Gasteiger partial charge in [-0.1, -0.05) is 26.7 Å². The van der Waals surface area contributed by atoms with Gasteiger partial charge in [-0.3, -0.25) is 4.79 Å². The summed E-state index contributed by atoms with van der Waals surface area (Å²) in [5.74, 6) is -0.128. The van der Waals surface area contributed by atoms with Crippen molar-refractivity contribution in [2.75, 3.05) is 29.9 Å². The number of nitrogens with zero attached hydrogens (tertiary/aromatic N) is 1. The SMILES string of the molecule is CCCC(O)(CCC)CC(=O)Nc1ccc(N2CCOC(C)C2)cc1. The van der Waals surface area contributed by atoms with Crippen molar-refractivity contribution in [3.8, 4) is 0 Å². The number of benzene rings is 1. The lowest BCUT2D eigenvalue weighted by molar-refractivity contribution is -0.121. The topological polar surface area (TPSA) is 61.8 Å². The summed E-state index contributed by atoms with van der Waals surface area (Å²) in [6, 6.07) is 7.90. The van der Waals surface area contributed by atoms with Gasteiger partial charge in [-0.25, -0.2) is 0 Å². The van der Waals surface area contributed by atoms with Crippen molar-refractivity contribution in [3.05, 3.63) is 24.3 Å². The first-order valence-corrected chi connectivity index (χ1v) is 9.44. The number of hydrogen-bond acceptors (Lipinski definition) is 4. The van der Waals surface area contributed by atoms with Crippen LogP contribution in [0.25, 0.3) is 0 Å². The minimum Gasteiger partial charge on any atom is -0.389 e. The Bertz CT molecular complexity index is 538. The average molecular weight is 348 g/mol. The number of ether oxygens (including phenoxy) is 1. The Morgan fingerprint density at radius 3 is 2.48 bits per heavy atom. The van der Waals surface area contributed by atoms with Crippen molar-refractivity contribution in [2.45, 2.75) is 64.6 Å². The van der Waals surface area contributed by atoms with Gasteiger partial charge in [0.2, 0.25) is 5.91 Å². The zero-order valence-corrected chi connectivity index (χ0v) is 15.8. The van der Waals surface area contributed by atoms with E-state index in [1.165, 1.54) is 0 Å². The van der Waals surface area contributed by atoms with E-state index in [-0.39, 0.29) is 18.4 Å². The first-order chi connectivity index (χ1) is 12.0. The van der Waals surface area contributed by atoms with E-state index in [2.05, 4.69) is 17.1 Å². The molecule has 1 aliphatic rings. The minimum absolute atomic E-state index is 0.128. The molecule has 0 spiro atoms. The second kappa shape index (κ2) is 9.20. The van der Waals surface area contributed by atoms with Crippen LogP contribution in [0.2, 0.25) is 0 Å². The van der Waals surface area contributed by atoms with Gasteiger partial charge in [0.05, 0.1) is 24.7 Å². The molecule has 0 aliphatic carbocycles. The molecule has 1 amide bonds. The maximum atomic E-state index is 12.3. The quantitative estimate of drug-likeness (QED) is 0.754. The van der Waals surface area contributed by atoms with E-state index in [0.29, 0.717) is 12.8 Å². The number of nitrogens with one attached hydrogen (secondary N) is 1. The molecule has 0 radical (unpaired) electrons. The third kappa shape index (κ3) is 6.01. The Kier molecular flexibility index (Phi) is 7.26. The molecule has 1 aromatic rings. The smallest absolute Gasteiger partial charge is 0.227 e. The fraction of sp³-hybridized carbons (Fsp3) is 0.650. The van der Waals surface area contributed by atoms with Gasteiger partial charge in [0.25, 0.3) is 0 Å². The van der Waals surface area contributed by atoms with Gasteiger partial charge in [0.15, 0.2) is 0 Å². The van der Waals surface area contributed by atoms with E-state index >= 15 is 0 Å². The van der Waals surface area contributed by atoms with Crippen molar-refractivity contribution < 1.29 is 14.6 Å². The lowest BCUT2D eigenvalue weighted by atomic mass is 9.89. The lowest BCUT2D eigenvalue weighted by Gasteiger charge is -2.33. The Morgan fingerprint density at radius 1 is 1.28 bits per heavy atom. The van der Waals surface area contributed by atoms with Gasteiger partial charge < -0.3 is 20.1 Å². The zero-order valence-electron chi connectivity index (χ0n) is 15.8. The summed E-state index contributed by atoms with van der Waals surface area (Å²) < 4.78 is 5.57. The van der Waals surface area contributed by atoms with Crippen LogP contribution in [0, 0.1) is 0 Å². The van der Waals surface area contributed by atoms with Crippen LogP contribution in [0.5, 0.6) is 0 Å². The van der Waals surface area contributed by atoms with Crippen LogP contribution < -0.4 is 10.2 Å². The van der Waals surface area contributed by atoms with Gasteiger partial charge in [0.1, 0.15) is 0 Å². The summed E-state index contributed by atoms with van der Waals surface area (Å²) in [4.78, 5) is 14.6. The number of morpholine rings is 1. The predicted molar refractivity (Wildman–Crippen MR) is 102 cm³/mol. The van der Waals surface area contributed by atoms with Crippen LogP contribution >= 0.6 is 0 Å². The minimum atomic E-state index is -0.891. The van der Waals surface area contributed by atoms with E-state index in [1.54, 1.807) is 0 Å². The molecule has 25 heavy (non-hydrogen) atoms. The van der Waals surface area contributed by atoms with E-state index in [0.717, 1.165) is 43.9 Å². The summed E-state index contributed by atoms with van der Waals surface area (Å²) in [6.07, 6.45) is 3.44. The maximum absolute atomic E-state index is 12.3. The van der Waals surface area contributed by atoms with Crippen molar-refractivity contribution in [2.24, 2.45) is 0 Å². The molecule has 5 heteroatoms. The monoisotopic (exact) mass is 348 g/mol. The molecule has 1 unspecified atom stereocenters. The van der Waals surface area contributed by atoms with Gasteiger partial charge >= 0.3 is 0 Å². The molecule has 0 bridgehead atoms. The molecular formula is C20H32N2O3. The number of hydrogen-bond donors (Lipinski definition) is 2. The third-order valence-corrected chi connectivity index (χ3v) is 4.68. The fourth-order valence-electron chi connectivity index (χ4n) is 3.55. The van der Waals surface area contributed by atoms with Gasteiger partial charge in [0, 0.05) is 24.5 Å². The molecule has 2 rings (SSSR count). The van der Waals surface area contributed by atoms with E-state index in [9.17, 15) is 9.90 Å². The summed E-state index contributed by atoms with van der Waals surface area (Å²) in [7, 11) is 0. The summed E-state index contributed by atoms with van der Waals surface area (Å²) in [5, 5.41) is 13.5. The first kappa shape index (κ1) is 19.7. The van der Waals surface area contributed by atoms with Crippen molar-refractivity contribution in [1.29, 1.82) is 0 Å². The molecular weight excluding hydrogens is 316 g/mol. The van der Waals surface area contributed by atoms with Crippen LogP contribution in [0.4, 0.5) is 11.4 Å². The number of anilines is 2. The van der Waals surface area contributed by atoms with Gasteiger partial charge in [-0.15, -0.1) is 0 Å². The number of carbonyl (C=O) groups is 1. The molecule has 2 N–H and O–H groups in total. The van der Waals surface area contributed by atoms with Crippen LogP contribution in [-0.2, 0) is 9.53 Å². The number of amides is 1. The van der Waals surface area contributed by atoms with Crippen molar-refractivity contribution in [1.82, 2.24) is 0 Å². The average Bonchev–Trinajstić information content (AvgIpc) is 2.55. The standard InChI is InChI=1S/C20H32N2O3/c1-4-10-20(24,11-5-2)14-19(23)21-17-6-8-18(9-7-17)22-12-13-25-16(3)15-22/h6-9,16,24H,4-5,10-15H2,1-3H3,(H,21,23). The Morgan fingerprint density at radius 2 is 1.92 bits per heavy atom. The Labute approximate surface area is 151 Å². The molecule has 1 heterocycles. The zero-order chi connectivity index (χ0) is 18.3. The molecule has 1 fully saturated rings. The Hall–Kier alpha value is -1.59. The summed E-state index contributed by atoms with van der Waals surface area (Å²) in [6.45, 7) is 8.65. The second-order valence-electron chi connectivity index (χ2n) is 7.12. The van der Waals surface area contributed by atoms with Crippen molar-refractivity contribution >= 4 is 17.3 Å². The van der Waals surface area contributed by atoms with E-state index < -0.39 is 5.60 Å². The molecule has 140 valence electrons. The Balaban J connectivity index is 1.92. The normalized spacial score (nSPS) is 18.2. The highest BCUT2D eigenvalue weighted by atomic mass is 16.5. The molecule has 1 saturated heterocycles. The van der Waals surface area contributed by atoms with E-state index in [4.69, 9.17) is 4.74 Å². The molecule has 0 saturated carbocycles. The molecule has 1 atom stereocenters. The molecule has 1 aliphatic heterocycles. The summed E-state index contributed by atoms with van der Waals surface area (Å²) >= 11 is 0. The predicted octanol–water partition coefficient (Wildman–Crippen LogP) is 3.57. The van der Waals surface area contributed by atoms with Crippen LogP contribution in [-0.4, -0.2) is 42.4 Å². The highest BCUT2D eigenvalue weighted by Gasteiger charge is 2.28.